The van der Waals surface area contributed by atoms with Crippen LogP contribution < -0.4 is 5.32 Å². The highest BCUT2D eigenvalue weighted by Crippen LogP contribution is 2.28. The summed E-state index contributed by atoms with van der Waals surface area (Å²) in [5, 5.41) is 20.8. The van der Waals surface area contributed by atoms with Gasteiger partial charge in [0, 0.05) is 23.4 Å². The van der Waals surface area contributed by atoms with Crippen LogP contribution in [0, 0.1) is 0 Å². The minimum Gasteiger partial charge on any atom is -0.506 e. The van der Waals surface area contributed by atoms with Crippen LogP contribution in [-0.2, 0) is 6.54 Å². The fourth-order valence-corrected chi connectivity index (χ4v) is 2.37. The molecular formula is C15H12BrN3O2. The minimum absolute atomic E-state index is 0.248. The molecule has 2 aromatic carbocycles. The highest BCUT2D eigenvalue weighted by molar-refractivity contribution is 9.10. The zero-order chi connectivity index (χ0) is 14.7. The maximum atomic E-state index is 9.96. The normalized spacial score (nSPS) is 10.5. The molecule has 5 nitrogen and oxygen atoms in total. The third kappa shape index (κ3) is 3.05. The summed E-state index contributed by atoms with van der Waals surface area (Å²) in [6, 6.07) is 13.2. The Morgan fingerprint density at radius 1 is 1.19 bits per heavy atom. The summed E-state index contributed by atoms with van der Waals surface area (Å²) in [5.74, 6) is 0.724. The Hall–Kier alpha value is -2.34. The average molecular weight is 346 g/mol. The van der Waals surface area contributed by atoms with E-state index >= 15 is 0 Å². The quantitative estimate of drug-likeness (QED) is 0.752. The Kier molecular flexibility index (Phi) is 3.87. The summed E-state index contributed by atoms with van der Waals surface area (Å²) >= 11 is 3.30. The molecule has 106 valence electrons. The fraction of sp³-hybridized carbons (Fsp3) is 0.0667. The van der Waals surface area contributed by atoms with Gasteiger partial charge in [0.05, 0.1) is 4.47 Å². The third-order valence-corrected chi connectivity index (χ3v) is 3.66. The van der Waals surface area contributed by atoms with Crippen molar-refractivity contribution in [2.45, 2.75) is 6.54 Å². The van der Waals surface area contributed by atoms with Crippen molar-refractivity contribution in [3.8, 4) is 17.2 Å². The Morgan fingerprint density at radius 3 is 2.86 bits per heavy atom. The van der Waals surface area contributed by atoms with Crippen molar-refractivity contribution in [3.05, 3.63) is 58.9 Å². The second-order valence-electron chi connectivity index (χ2n) is 4.43. The van der Waals surface area contributed by atoms with E-state index in [2.05, 4.69) is 31.4 Å². The van der Waals surface area contributed by atoms with Crippen molar-refractivity contribution in [2.24, 2.45) is 0 Å². The number of aromatic nitrogens is 2. The first-order valence-electron chi connectivity index (χ1n) is 6.31. The largest absolute Gasteiger partial charge is 0.506 e. The first-order chi connectivity index (χ1) is 10.2. The molecule has 0 bridgehead atoms. The molecule has 2 N–H and O–H groups in total. The Labute approximate surface area is 129 Å². The number of phenols is 1. The summed E-state index contributed by atoms with van der Waals surface area (Å²) < 4.78 is 5.86. The van der Waals surface area contributed by atoms with Gasteiger partial charge in [0.25, 0.3) is 0 Å². The molecule has 0 aliphatic rings. The number of hydrogen-bond donors (Lipinski definition) is 2. The molecule has 1 heterocycles. The van der Waals surface area contributed by atoms with Crippen LogP contribution in [0.4, 0.5) is 5.69 Å². The van der Waals surface area contributed by atoms with Gasteiger partial charge < -0.3 is 14.8 Å². The van der Waals surface area contributed by atoms with Gasteiger partial charge in [0.1, 0.15) is 5.75 Å². The van der Waals surface area contributed by atoms with Crippen molar-refractivity contribution in [1.29, 1.82) is 0 Å². The molecule has 0 aliphatic heterocycles. The summed E-state index contributed by atoms with van der Waals surface area (Å²) in [5.41, 5.74) is 2.56. The molecule has 0 unspecified atom stereocenters. The van der Waals surface area contributed by atoms with E-state index in [1.807, 2.05) is 36.4 Å². The zero-order valence-corrected chi connectivity index (χ0v) is 12.5. The van der Waals surface area contributed by atoms with Crippen molar-refractivity contribution in [3.63, 3.8) is 0 Å². The van der Waals surface area contributed by atoms with Crippen LogP contribution in [-0.4, -0.2) is 15.3 Å². The molecule has 0 radical (unpaired) electrons. The fourth-order valence-electron chi connectivity index (χ4n) is 1.96. The van der Waals surface area contributed by atoms with E-state index in [-0.39, 0.29) is 5.75 Å². The van der Waals surface area contributed by atoms with Crippen molar-refractivity contribution in [1.82, 2.24) is 10.2 Å². The molecule has 0 atom stereocenters. The number of hydrogen-bond acceptors (Lipinski definition) is 5. The highest BCUT2D eigenvalue weighted by Gasteiger charge is 2.06. The number of phenolic OH excluding ortho intramolecular Hbond substituents is 1. The predicted octanol–water partition coefficient (Wildman–Crippen LogP) is 3.82. The standard InChI is InChI=1S/C15H12BrN3O2/c16-13-6-2-4-11(14(13)20)8-17-12-5-1-3-10(7-12)15-19-18-9-21-15/h1-7,9,17,20H,8H2. The van der Waals surface area contributed by atoms with Gasteiger partial charge in [0.15, 0.2) is 0 Å². The summed E-state index contributed by atoms with van der Waals surface area (Å²) in [6.07, 6.45) is 1.30. The van der Waals surface area contributed by atoms with Gasteiger partial charge in [-0.25, -0.2) is 0 Å². The molecular weight excluding hydrogens is 334 g/mol. The maximum Gasteiger partial charge on any atom is 0.247 e. The molecule has 0 saturated heterocycles. The molecule has 1 aromatic heterocycles. The van der Waals surface area contributed by atoms with Gasteiger partial charge in [-0.3, -0.25) is 0 Å². The number of nitrogens with one attached hydrogen (secondary N) is 1. The van der Waals surface area contributed by atoms with E-state index in [0.717, 1.165) is 16.8 Å². The van der Waals surface area contributed by atoms with E-state index in [4.69, 9.17) is 4.42 Å². The van der Waals surface area contributed by atoms with E-state index in [1.54, 1.807) is 6.07 Å². The maximum absolute atomic E-state index is 9.96. The number of para-hydroxylation sites is 1. The number of anilines is 1. The number of halogens is 1. The van der Waals surface area contributed by atoms with Crippen LogP contribution in [0.3, 0.4) is 0 Å². The monoisotopic (exact) mass is 345 g/mol. The topological polar surface area (TPSA) is 71.2 Å². The van der Waals surface area contributed by atoms with Gasteiger partial charge >= 0.3 is 0 Å². The van der Waals surface area contributed by atoms with Crippen LogP contribution in [0.5, 0.6) is 5.75 Å². The van der Waals surface area contributed by atoms with Crippen LogP contribution in [0.2, 0.25) is 0 Å². The Morgan fingerprint density at radius 2 is 2.05 bits per heavy atom. The molecule has 3 aromatic rings. The molecule has 21 heavy (non-hydrogen) atoms. The van der Waals surface area contributed by atoms with E-state index < -0.39 is 0 Å². The van der Waals surface area contributed by atoms with Gasteiger partial charge in [-0.15, -0.1) is 10.2 Å². The SMILES string of the molecule is Oc1c(Br)cccc1CNc1cccc(-c2nnco2)c1. The Balaban J connectivity index is 1.77. The van der Waals surface area contributed by atoms with E-state index in [1.165, 1.54) is 6.39 Å². The summed E-state index contributed by atoms with van der Waals surface area (Å²) in [7, 11) is 0. The van der Waals surface area contributed by atoms with Crippen molar-refractivity contribution < 1.29 is 9.52 Å². The molecule has 3 rings (SSSR count). The average Bonchev–Trinajstić information content (AvgIpc) is 3.03. The van der Waals surface area contributed by atoms with E-state index in [0.29, 0.717) is 16.9 Å². The number of benzene rings is 2. The smallest absolute Gasteiger partial charge is 0.247 e. The number of rotatable bonds is 4. The van der Waals surface area contributed by atoms with Gasteiger partial charge in [-0.2, -0.15) is 0 Å². The summed E-state index contributed by atoms with van der Waals surface area (Å²) in [6.45, 7) is 0.512. The molecule has 0 amide bonds. The lowest BCUT2D eigenvalue weighted by Crippen LogP contribution is -2.00. The lowest BCUT2D eigenvalue weighted by Gasteiger charge is -2.09. The van der Waals surface area contributed by atoms with Gasteiger partial charge in [0.2, 0.25) is 12.3 Å². The zero-order valence-electron chi connectivity index (χ0n) is 11.0. The second kappa shape index (κ2) is 5.97. The van der Waals surface area contributed by atoms with Crippen LogP contribution in [0.1, 0.15) is 5.56 Å². The molecule has 6 heteroatoms. The van der Waals surface area contributed by atoms with Crippen molar-refractivity contribution >= 4 is 21.6 Å². The van der Waals surface area contributed by atoms with Gasteiger partial charge in [-0.1, -0.05) is 18.2 Å². The van der Waals surface area contributed by atoms with Crippen LogP contribution in [0.15, 0.2) is 57.7 Å². The van der Waals surface area contributed by atoms with Gasteiger partial charge in [-0.05, 0) is 40.2 Å². The second-order valence-corrected chi connectivity index (χ2v) is 5.28. The van der Waals surface area contributed by atoms with Crippen LogP contribution >= 0.6 is 15.9 Å². The first-order valence-corrected chi connectivity index (χ1v) is 7.10. The summed E-state index contributed by atoms with van der Waals surface area (Å²) in [4.78, 5) is 0. The van der Waals surface area contributed by atoms with Crippen LogP contribution in [0.25, 0.3) is 11.5 Å². The van der Waals surface area contributed by atoms with Crippen molar-refractivity contribution in [2.75, 3.05) is 5.32 Å². The lowest BCUT2D eigenvalue weighted by atomic mass is 10.1. The predicted molar refractivity (Wildman–Crippen MR) is 82.9 cm³/mol. The minimum atomic E-state index is 0.248. The first kappa shape index (κ1) is 13.6. The third-order valence-electron chi connectivity index (χ3n) is 3.02. The number of nitrogens with zero attached hydrogens (tertiary/aromatic N) is 2. The van der Waals surface area contributed by atoms with E-state index in [9.17, 15) is 5.11 Å². The molecule has 0 fully saturated rings. The lowest BCUT2D eigenvalue weighted by molar-refractivity contribution is 0.465. The molecule has 0 aliphatic carbocycles. The molecule has 0 spiro atoms. The highest BCUT2D eigenvalue weighted by atomic mass is 79.9. The number of aromatic hydroxyl groups is 1. The Bertz CT molecular complexity index is 744. The molecule has 0 saturated carbocycles.